The highest BCUT2D eigenvalue weighted by Gasteiger charge is 2.24. The Balaban J connectivity index is 1.92. The summed E-state index contributed by atoms with van der Waals surface area (Å²) < 4.78 is 32.4. The van der Waals surface area contributed by atoms with Crippen LogP contribution in [-0.4, -0.2) is 25.5 Å². The van der Waals surface area contributed by atoms with Crippen molar-refractivity contribution in [2.75, 3.05) is 0 Å². The van der Waals surface area contributed by atoms with Crippen molar-refractivity contribution in [3.8, 4) is 11.5 Å². The fourth-order valence-electron chi connectivity index (χ4n) is 2.03. The summed E-state index contributed by atoms with van der Waals surface area (Å²) >= 11 is 1.40. The summed E-state index contributed by atoms with van der Waals surface area (Å²) in [5.41, 5.74) is 0. The van der Waals surface area contributed by atoms with Gasteiger partial charge in [0.15, 0.2) is 0 Å². The molecule has 1 heterocycles. The summed E-state index contributed by atoms with van der Waals surface area (Å²) in [6, 6.07) is 10.7. The highest BCUT2D eigenvalue weighted by Crippen LogP contribution is 2.47. The quantitative estimate of drug-likeness (QED) is 0.751. The SMILES string of the molecule is C[C@H](NS(=O)(=O)c1ccc2c(c1)Sc1ccccc1O2)C(=O)O. The molecule has 0 spiro atoms. The Morgan fingerprint density at radius 2 is 1.87 bits per heavy atom. The van der Waals surface area contributed by atoms with Crippen molar-refractivity contribution in [2.45, 2.75) is 27.7 Å². The molecule has 120 valence electrons. The zero-order chi connectivity index (χ0) is 16.6. The minimum absolute atomic E-state index is 0.000156. The maximum Gasteiger partial charge on any atom is 0.321 e. The topological polar surface area (TPSA) is 92.7 Å². The Labute approximate surface area is 137 Å². The first-order chi connectivity index (χ1) is 10.9. The number of sulfonamides is 1. The van der Waals surface area contributed by atoms with E-state index in [4.69, 9.17) is 9.84 Å². The van der Waals surface area contributed by atoms with Crippen LogP contribution >= 0.6 is 11.8 Å². The van der Waals surface area contributed by atoms with Crippen LogP contribution in [0.25, 0.3) is 0 Å². The fraction of sp³-hybridized carbons (Fsp3) is 0.133. The highest BCUT2D eigenvalue weighted by atomic mass is 32.2. The van der Waals surface area contributed by atoms with Crippen LogP contribution in [0.15, 0.2) is 57.2 Å². The van der Waals surface area contributed by atoms with Gasteiger partial charge in [0.25, 0.3) is 0 Å². The molecular weight excluding hydrogens is 338 g/mol. The summed E-state index contributed by atoms with van der Waals surface area (Å²) in [4.78, 5) is 12.4. The molecule has 8 heteroatoms. The number of hydrogen-bond donors (Lipinski definition) is 2. The van der Waals surface area contributed by atoms with Gasteiger partial charge in [-0.2, -0.15) is 4.72 Å². The lowest BCUT2D eigenvalue weighted by Crippen LogP contribution is -2.38. The van der Waals surface area contributed by atoms with Crippen LogP contribution in [0.3, 0.4) is 0 Å². The number of nitrogens with one attached hydrogen (secondary N) is 1. The Kier molecular flexibility index (Phi) is 4.05. The van der Waals surface area contributed by atoms with E-state index in [9.17, 15) is 13.2 Å². The lowest BCUT2D eigenvalue weighted by molar-refractivity contribution is -0.138. The van der Waals surface area contributed by atoms with Crippen LogP contribution < -0.4 is 9.46 Å². The van der Waals surface area contributed by atoms with Crippen LogP contribution in [0, 0.1) is 0 Å². The molecule has 2 aromatic carbocycles. The second kappa shape index (κ2) is 5.88. The Morgan fingerprint density at radius 3 is 2.61 bits per heavy atom. The van der Waals surface area contributed by atoms with E-state index in [0.29, 0.717) is 10.6 Å². The molecule has 0 amide bonds. The molecule has 0 saturated carbocycles. The standard InChI is InChI=1S/C15H13NO5S2/c1-9(15(17)18)16-23(19,20)10-6-7-12-14(8-10)22-13-5-3-2-4-11(13)21-12/h2-9,16H,1H3,(H,17,18)/t9-/m0/s1. The van der Waals surface area contributed by atoms with Gasteiger partial charge in [-0.05, 0) is 37.3 Å². The monoisotopic (exact) mass is 351 g/mol. The molecule has 0 bridgehead atoms. The van der Waals surface area contributed by atoms with Crippen molar-refractivity contribution in [3.63, 3.8) is 0 Å². The van der Waals surface area contributed by atoms with E-state index in [1.807, 2.05) is 24.3 Å². The van der Waals surface area contributed by atoms with E-state index < -0.39 is 22.0 Å². The van der Waals surface area contributed by atoms with E-state index in [1.165, 1.54) is 30.8 Å². The first-order valence-electron chi connectivity index (χ1n) is 6.71. The first kappa shape index (κ1) is 15.9. The van der Waals surface area contributed by atoms with Gasteiger partial charge in [-0.15, -0.1) is 0 Å². The van der Waals surface area contributed by atoms with Crippen LogP contribution in [-0.2, 0) is 14.8 Å². The number of carboxylic acid groups (broad SMARTS) is 1. The number of ether oxygens (including phenoxy) is 1. The second-order valence-electron chi connectivity index (χ2n) is 4.94. The van der Waals surface area contributed by atoms with E-state index in [-0.39, 0.29) is 4.90 Å². The highest BCUT2D eigenvalue weighted by molar-refractivity contribution is 7.99. The number of rotatable bonds is 4. The van der Waals surface area contributed by atoms with Crippen molar-refractivity contribution in [1.82, 2.24) is 4.72 Å². The molecule has 2 aromatic rings. The van der Waals surface area contributed by atoms with Gasteiger partial charge in [-0.1, -0.05) is 23.9 Å². The van der Waals surface area contributed by atoms with Crippen molar-refractivity contribution in [3.05, 3.63) is 42.5 Å². The van der Waals surface area contributed by atoms with Crippen LogP contribution in [0.5, 0.6) is 11.5 Å². The molecule has 1 aliphatic rings. The fourth-order valence-corrected chi connectivity index (χ4v) is 4.31. The predicted molar refractivity (Wildman–Crippen MR) is 84.5 cm³/mol. The lowest BCUT2D eigenvalue weighted by Gasteiger charge is -2.20. The van der Waals surface area contributed by atoms with Gasteiger partial charge >= 0.3 is 5.97 Å². The number of para-hydroxylation sites is 1. The van der Waals surface area contributed by atoms with Gasteiger partial charge < -0.3 is 9.84 Å². The van der Waals surface area contributed by atoms with Gasteiger partial charge in [0, 0.05) is 0 Å². The molecule has 3 rings (SSSR count). The first-order valence-corrected chi connectivity index (χ1v) is 9.01. The predicted octanol–water partition coefficient (Wildman–Crippen LogP) is 2.69. The molecule has 0 saturated heterocycles. The Morgan fingerprint density at radius 1 is 1.17 bits per heavy atom. The average Bonchev–Trinajstić information content (AvgIpc) is 2.51. The molecule has 0 unspecified atom stereocenters. The third kappa shape index (κ3) is 3.19. The van der Waals surface area contributed by atoms with E-state index in [0.717, 1.165) is 10.6 Å². The van der Waals surface area contributed by atoms with Crippen LogP contribution in [0.1, 0.15) is 6.92 Å². The molecule has 2 N–H and O–H groups in total. The maximum absolute atomic E-state index is 12.3. The molecule has 0 aliphatic carbocycles. The number of fused-ring (bicyclic) bond motifs is 2. The van der Waals surface area contributed by atoms with Gasteiger partial charge in [-0.3, -0.25) is 4.79 Å². The van der Waals surface area contributed by atoms with Gasteiger partial charge in [-0.25, -0.2) is 8.42 Å². The van der Waals surface area contributed by atoms with Gasteiger partial charge in [0.1, 0.15) is 17.5 Å². The van der Waals surface area contributed by atoms with E-state index >= 15 is 0 Å². The molecule has 0 aromatic heterocycles. The summed E-state index contributed by atoms with van der Waals surface area (Å²) in [7, 11) is -3.92. The number of benzene rings is 2. The molecular formula is C15H13NO5S2. The average molecular weight is 351 g/mol. The molecule has 1 atom stereocenters. The molecule has 1 aliphatic heterocycles. The summed E-state index contributed by atoms with van der Waals surface area (Å²) in [6.07, 6.45) is 0. The van der Waals surface area contributed by atoms with Crippen LogP contribution in [0.4, 0.5) is 0 Å². The van der Waals surface area contributed by atoms with Crippen molar-refractivity contribution in [1.29, 1.82) is 0 Å². The van der Waals surface area contributed by atoms with E-state index in [2.05, 4.69) is 4.72 Å². The van der Waals surface area contributed by atoms with E-state index in [1.54, 1.807) is 6.07 Å². The van der Waals surface area contributed by atoms with Gasteiger partial charge in [0.05, 0.1) is 14.7 Å². The largest absolute Gasteiger partial charge is 0.480 e. The lowest BCUT2D eigenvalue weighted by atomic mass is 10.3. The Bertz CT molecular complexity index is 879. The summed E-state index contributed by atoms with van der Waals surface area (Å²) in [5.74, 6) is 0.0512. The smallest absolute Gasteiger partial charge is 0.321 e. The third-order valence-electron chi connectivity index (χ3n) is 3.22. The molecule has 23 heavy (non-hydrogen) atoms. The Hall–Kier alpha value is -2.03. The summed E-state index contributed by atoms with van der Waals surface area (Å²) in [5, 5.41) is 8.84. The minimum Gasteiger partial charge on any atom is -0.480 e. The van der Waals surface area contributed by atoms with Crippen molar-refractivity contribution in [2.24, 2.45) is 0 Å². The van der Waals surface area contributed by atoms with Crippen molar-refractivity contribution < 1.29 is 23.1 Å². The number of carbonyl (C=O) groups is 1. The molecule has 0 fully saturated rings. The normalized spacial score (nSPS) is 14.3. The molecule has 0 radical (unpaired) electrons. The zero-order valence-corrected chi connectivity index (χ0v) is 13.6. The number of hydrogen-bond acceptors (Lipinski definition) is 5. The maximum atomic E-state index is 12.3. The number of carboxylic acids is 1. The zero-order valence-electron chi connectivity index (χ0n) is 12.0. The van der Waals surface area contributed by atoms with Crippen LogP contribution in [0.2, 0.25) is 0 Å². The number of aliphatic carboxylic acids is 1. The summed E-state index contributed by atoms with van der Waals surface area (Å²) in [6.45, 7) is 1.27. The van der Waals surface area contributed by atoms with Crippen molar-refractivity contribution >= 4 is 27.8 Å². The van der Waals surface area contributed by atoms with Gasteiger partial charge in [0.2, 0.25) is 10.0 Å². The molecule has 6 nitrogen and oxygen atoms in total. The minimum atomic E-state index is -3.92. The third-order valence-corrected chi connectivity index (χ3v) is 5.85. The second-order valence-corrected chi connectivity index (χ2v) is 7.74.